The van der Waals surface area contributed by atoms with Gasteiger partial charge in [0.15, 0.2) is 0 Å². The predicted octanol–water partition coefficient (Wildman–Crippen LogP) is 0.694. The number of amides is 2. The number of benzene rings is 1. The number of hydrogen-bond acceptors (Lipinski definition) is 5. The summed E-state index contributed by atoms with van der Waals surface area (Å²) in [5.74, 6) is -0.934. The van der Waals surface area contributed by atoms with Gasteiger partial charge in [0.05, 0.1) is 0 Å². The molecule has 3 rings (SSSR count). The summed E-state index contributed by atoms with van der Waals surface area (Å²) in [6.07, 6.45) is 1.81. The average molecular weight is 357 g/mol. The number of halogens is 1. The Morgan fingerprint density at radius 2 is 2.00 bits per heavy atom. The molecule has 0 fully saturated rings. The molecule has 0 saturated heterocycles. The van der Waals surface area contributed by atoms with E-state index in [0.717, 1.165) is 5.56 Å². The Kier molecular flexibility index (Phi) is 5.02. The van der Waals surface area contributed by atoms with Crippen LogP contribution < -0.4 is 10.9 Å². The molecule has 2 heterocycles. The number of carbonyl (C=O) groups is 2. The van der Waals surface area contributed by atoms with Crippen LogP contribution in [0.1, 0.15) is 27.9 Å². The van der Waals surface area contributed by atoms with Crippen LogP contribution >= 0.6 is 0 Å². The van der Waals surface area contributed by atoms with E-state index in [0.29, 0.717) is 11.5 Å². The molecule has 0 aliphatic heterocycles. The highest BCUT2D eigenvalue weighted by molar-refractivity contribution is 5.94. The van der Waals surface area contributed by atoms with Crippen LogP contribution in [0.25, 0.3) is 0 Å². The Hall–Kier alpha value is -3.56. The molecule has 26 heavy (non-hydrogen) atoms. The average Bonchev–Trinajstić information content (AvgIpc) is 3.31. The molecular formula is C16H16FN7O2. The number of aryl methyl sites for hydroxylation is 1. The number of H-pyrrole nitrogens is 1. The molecule has 134 valence electrons. The molecule has 3 N–H and O–H groups in total. The van der Waals surface area contributed by atoms with Gasteiger partial charge in [0, 0.05) is 12.6 Å². The van der Waals surface area contributed by atoms with Crippen LogP contribution in [-0.4, -0.2) is 37.0 Å². The van der Waals surface area contributed by atoms with E-state index in [1.807, 2.05) is 0 Å². The van der Waals surface area contributed by atoms with Crippen LogP contribution in [0.3, 0.4) is 0 Å². The second kappa shape index (κ2) is 7.55. The van der Waals surface area contributed by atoms with E-state index >= 15 is 0 Å². The van der Waals surface area contributed by atoms with E-state index in [9.17, 15) is 14.0 Å². The number of aromatic amines is 1. The zero-order valence-electron chi connectivity index (χ0n) is 13.8. The summed E-state index contributed by atoms with van der Waals surface area (Å²) in [4.78, 5) is 27.3. The first-order valence-electron chi connectivity index (χ1n) is 7.77. The maximum Gasteiger partial charge on any atom is 0.286 e. The minimum absolute atomic E-state index is 0.219. The van der Waals surface area contributed by atoms with Crippen LogP contribution in [-0.2, 0) is 11.2 Å². The molecule has 0 aliphatic carbocycles. The third-order valence-electron chi connectivity index (χ3n) is 3.74. The van der Waals surface area contributed by atoms with Crippen LogP contribution in [0.2, 0.25) is 0 Å². The highest BCUT2D eigenvalue weighted by Gasteiger charge is 2.25. The Morgan fingerprint density at radius 1 is 1.23 bits per heavy atom. The predicted molar refractivity (Wildman–Crippen MR) is 88.1 cm³/mol. The van der Waals surface area contributed by atoms with Gasteiger partial charge in [-0.15, -0.1) is 5.10 Å². The van der Waals surface area contributed by atoms with E-state index < -0.39 is 17.9 Å². The molecule has 9 nitrogen and oxygen atoms in total. The Morgan fingerprint density at radius 3 is 2.62 bits per heavy atom. The lowest BCUT2D eigenvalue weighted by atomic mass is 10.1. The third-order valence-corrected chi connectivity index (χ3v) is 3.74. The summed E-state index contributed by atoms with van der Waals surface area (Å²) in [6, 6.07) is 8.19. The smallest absolute Gasteiger partial charge is 0.286 e. The summed E-state index contributed by atoms with van der Waals surface area (Å²) in [5.41, 5.74) is 5.72. The topological polar surface area (TPSA) is 118 Å². The van der Waals surface area contributed by atoms with Gasteiger partial charge < -0.3 is 4.98 Å². The van der Waals surface area contributed by atoms with Gasteiger partial charge in [0.25, 0.3) is 11.8 Å². The lowest BCUT2D eigenvalue weighted by Gasteiger charge is -2.17. The Bertz CT molecular complexity index is 890. The van der Waals surface area contributed by atoms with E-state index in [-0.39, 0.29) is 12.2 Å². The van der Waals surface area contributed by atoms with Crippen molar-refractivity contribution in [2.75, 3.05) is 0 Å². The number of tetrazole rings is 1. The first kappa shape index (κ1) is 17.3. The molecule has 1 atom stereocenters. The van der Waals surface area contributed by atoms with Crippen molar-refractivity contribution in [2.24, 2.45) is 0 Å². The third kappa shape index (κ3) is 3.91. The number of carbonyl (C=O) groups excluding carboxylic acids is 2. The van der Waals surface area contributed by atoms with E-state index in [4.69, 9.17) is 0 Å². The summed E-state index contributed by atoms with van der Waals surface area (Å²) < 4.78 is 14.4. The number of nitrogens with one attached hydrogen (secondary N) is 3. The second-order valence-corrected chi connectivity index (χ2v) is 5.54. The number of hydrazine groups is 1. The fourth-order valence-electron chi connectivity index (χ4n) is 2.40. The fraction of sp³-hybridized carbons (Fsp3) is 0.188. The van der Waals surface area contributed by atoms with Gasteiger partial charge in [0.2, 0.25) is 0 Å². The molecule has 1 aromatic carbocycles. The van der Waals surface area contributed by atoms with Gasteiger partial charge in [-0.05, 0) is 47.2 Å². The highest BCUT2D eigenvalue weighted by atomic mass is 19.1. The highest BCUT2D eigenvalue weighted by Crippen LogP contribution is 2.15. The van der Waals surface area contributed by atoms with E-state index in [1.54, 1.807) is 37.4 Å². The molecule has 0 saturated carbocycles. The van der Waals surface area contributed by atoms with Crippen molar-refractivity contribution in [2.45, 2.75) is 19.4 Å². The number of rotatable bonds is 5. The van der Waals surface area contributed by atoms with Crippen molar-refractivity contribution < 1.29 is 14.0 Å². The van der Waals surface area contributed by atoms with Crippen molar-refractivity contribution in [1.82, 2.24) is 36.0 Å². The van der Waals surface area contributed by atoms with Gasteiger partial charge in [-0.3, -0.25) is 20.4 Å². The van der Waals surface area contributed by atoms with Crippen LogP contribution in [0.15, 0.2) is 42.6 Å². The summed E-state index contributed by atoms with van der Waals surface area (Å²) in [6.45, 7) is 1.66. The van der Waals surface area contributed by atoms with Gasteiger partial charge in [-0.1, -0.05) is 12.1 Å². The van der Waals surface area contributed by atoms with Crippen LogP contribution in [0.5, 0.6) is 0 Å². The summed E-state index contributed by atoms with van der Waals surface area (Å²) >= 11 is 0. The van der Waals surface area contributed by atoms with Crippen LogP contribution in [0, 0.1) is 12.7 Å². The molecule has 0 spiro atoms. The maximum atomic E-state index is 13.1. The van der Waals surface area contributed by atoms with Crippen molar-refractivity contribution in [3.05, 3.63) is 65.5 Å². The summed E-state index contributed by atoms with van der Waals surface area (Å²) in [7, 11) is 0. The standard InChI is InChI=1S/C16H16FN7O2/c1-10-19-22-23-24(10)14(9-11-4-6-12(17)7-5-11)16(26)21-20-15(25)13-3-2-8-18-13/h2-8,14,18H,9H2,1H3,(H,20,25)(H,21,26). The van der Waals surface area contributed by atoms with E-state index in [2.05, 4.69) is 31.4 Å². The zero-order valence-corrected chi connectivity index (χ0v) is 13.8. The first-order valence-corrected chi connectivity index (χ1v) is 7.77. The quantitative estimate of drug-likeness (QED) is 0.581. The zero-order chi connectivity index (χ0) is 18.5. The molecule has 3 aromatic rings. The largest absolute Gasteiger partial charge is 0.357 e. The summed E-state index contributed by atoms with van der Waals surface area (Å²) in [5, 5.41) is 11.2. The fourth-order valence-corrected chi connectivity index (χ4v) is 2.40. The molecule has 10 heteroatoms. The molecule has 2 aromatic heterocycles. The molecule has 1 unspecified atom stereocenters. The number of aromatic nitrogens is 5. The van der Waals surface area contributed by atoms with Gasteiger partial charge in [-0.25, -0.2) is 9.07 Å². The van der Waals surface area contributed by atoms with Crippen LogP contribution in [0.4, 0.5) is 4.39 Å². The van der Waals surface area contributed by atoms with Crippen molar-refractivity contribution in [1.29, 1.82) is 0 Å². The molecule has 0 radical (unpaired) electrons. The number of hydrogen-bond donors (Lipinski definition) is 3. The maximum absolute atomic E-state index is 13.1. The minimum Gasteiger partial charge on any atom is -0.357 e. The Labute approximate surface area is 147 Å². The Balaban J connectivity index is 1.74. The first-order chi connectivity index (χ1) is 12.5. The lowest BCUT2D eigenvalue weighted by molar-refractivity contribution is -0.125. The van der Waals surface area contributed by atoms with Gasteiger partial charge >= 0.3 is 0 Å². The SMILES string of the molecule is Cc1nnnn1C(Cc1ccc(F)cc1)C(=O)NNC(=O)c1ccc[nH]1. The van der Waals surface area contributed by atoms with Crippen molar-refractivity contribution in [3.8, 4) is 0 Å². The molecular weight excluding hydrogens is 341 g/mol. The van der Waals surface area contributed by atoms with Crippen molar-refractivity contribution in [3.63, 3.8) is 0 Å². The normalized spacial score (nSPS) is 11.8. The lowest BCUT2D eigenvalue weighted by Crippen LogP contribution is -2.46. The second-order valence-electron chi connectivity index (χ2n) is 5.54. The molecule has 0 bridgehead atoms. The molecule has 0 aliphatic rings. The monoisotopic (exact) mass is 357 g/mol. The minimum atomic E-state index is -0.820. The van der Waals surface area contributed by atoms with Gasteiger partial charge in [-0.2, -0.15) is 0 Å². The van der Waals surface area contributed by atoms with Crippen molar-refractivity contribution >= 4 is 11.8 Å². The molecule has 2 amide bonds. The number of nitrogens with zero attached hydrogens (tertiary/aromatic N) is 4. The van der Waals surface area contributed by atoms with Gasteiger partial charge in [0.1, 0.15) is 23.4 Å². The van der Waals surface area contributed by atoms with E-state index in [1.165, 1.54) is 16.8 Å².